The number of rotatable bonds is 9. The van der Waals surface area contributed by atoms with Gasteiger partial charge in [0.15, 0.2) is 11.6 Å². The molecule has 0 spiro atoms. The zero-order valence-electron chi connectivity index (χ0n) is 21.1. The van der Waals surface area contributed by atoms with Crippen molar-refractivity contribution in [1.82, 2.24) is 0 Å². The lowest BCUT2D eigenvalue weighted by atomic mass is 9.99. The minimum absolute atomic E-state index is 0.0368. The van der Waals surface area contributed by atoms with Crippen LogP contribution in [-0.2, 0) is 19.2 Å². The van der Waals surface area contributed by atoms with Crippen LogP contribution in [0.25, 0.3) is 11.1 Å². The standard InChI is InChI=1S/C28H18N4O10/c33-23-7-3-15(11-19(23)27(39)40)29-31-21-5-1-13(9-17(21)25(35)36)14-2-6-22(18(10-14)26(37)38)32-30-16-4-8-24(34)20(12-16)28(41)42/h1-12,31-32H,(H,35,36)(H,37,38)(H,39,40)(H,41,42)/b29-15+,30-16+. The molecule has 14 heteroatoms. The van der Waals surface area contributed by atoms with Crippen LogP contribution >= 0.6 is 0 Å². The second-order valence-electron chi connectivity index (χ2n) is 8.55. The molecule has 2 aliphatic rings. The van der Waals surface area contributed by atoms with Gasteiger partial charge in [-0.1, -0.05) is 12.1 Å². The van der Waals surface area contributed by atoms with Crippen molar-refractivity contribution in [3.63, 3.8) is 0 Å². The summed E-state index contributed by atoms with van der Waals surface area (Å²) in [5, 5.41) is 45.6. The summed E-state index contributed by atoms with van der Waals surface area (Å²) in [7, 11) is 0. The Morgan fingerprint density at radius 1 is 0.548 bits per heavy atom. The Morgan fingerprint density at radius 3 is 1.26 bits per heavy atom. The highest BCUT2D eigenvalue weighted by atomic mass is 16.4. The first-order valence-corrected chi connectivity index (χ1v) is 11.7. The quantitative estimate of drug-likeness (QED) is 0.145. The summed E-state index contributed by atoms with van der Waals surface area (Å²) in [5.74, 6) is -6.97. The molecule has 2 aromatic rings. The van der Waals surface area contributed by atoms with Crippen LogP contribution in [0.1, 0.15) is 20.7 Å². The SMILES string of the molecule is O=C(O)C1=C/C(=N/Nc2ccc(-c3ccc(N/N=C4\C=CC(=O)C(C(=O)O)=C4)c(C(=O)O)c3)cc2C(=O)O)C=CC1=O. The number of hydrogen-bond donors (Lipinski definition) is 6. The lowest BCUT2D eigenvalue weighted by Crippen LogP contribution is -2.16. The first-order valence-electron chi connectivity index (χ1n) is 11.7. The van der Waals surface area contributed by atoms with Crippen LogP contribution < -0.4 is 10.9 Å². The number of hydrogen-bond acceptors (Lipinski definition) is 10. The van der Waals surface area contributed by atoms with Crippen LogP contribution in [0.5, 0.6) is 0 Å². The largest absolute Gasteiger partial charge is 0.478 e. The average Bonchev–Trinajstić information content (AvgIpc) is 2.95. The summed E-state index contributed by atoms with van der Waals surface area (Å²) in [6.45, 7) is 0. The fourth-order valence-corrected chi connectivity index (χ4v) is 3.76. The van der Waals surface area contributed by atoms with Gasteiger partial charge in [-0.05, 0) is 71.8 Å². The third kappa shape index (κ3) is 6.23. The molecule has 0 aliphatic heterocycles. The molecular formula is C28H18N4O10. The molecule has 0 saturated carbocycles. The van der Waals surface area contributed by atoms with Gasteiger partial charge in [-0.3, -0.25) is 20.4 Å². The number of benzene rings is 2. The molecule has 0 heterocycles. The number of nitrogens with zero attached hydrogens (tertiary/aromatic N) is 2. The summed E-state index contributed by atoms with van der Waals surface area (Å²) < 4.78 is 0. The molecule has 4 rings (SSSR count). The summed E-state index contributed by atoms with van der Waals surface area (Å²) in [6, 6.07) is 8.32. The van der Waals surface area contributed by atoms with Crippen LogP contribution in [0, 0.1) is 0 Å². The van der Waals surface area contributed by atoms with Gasteiger partial charge >= 0.3 is 23.9 Å². The van der Waals surface area contributed by atoms with Crippen molar-refractivity contribution in [3.8, 4) is 11.1 Å². The molecule has 42 heavy (non-hydrogen) atoms. The fourth-order valence-electron chi connectivity index (χ4n) is 3.76. The number of ketones is 2. The van der Waals surface area contributed by atoms with E-state index < -0.39 is 46.6 Å². The van der Waals surface area contributed by atoms with E-state index >= 15 is 0 Å². The van der Waals surface area contributed by atoms with Gasteiger partial charge in [0.25, 0.3) is 0 Å². The van der Waals surface area contributed by atoms with Crippen LogP contribution in [0.2, 0.25) is 0 Å². The Labute approximate surface area is 235 Å². The van der Waals surface area contributed by atoms with Gasteiger partial charge in [-0.15, -0.1) is 0 Å². The number of hydrazone groups is 2. The van der Waals surface area contributed by atoms with Crippen LogP contribution in [0.3, 0.4) is 0 Å². The van der Waals surface area contributed by atoms with E-state index in [4.69, 9.17) is 10.2 Å². The van der Waals surface area contributed by atoms with Crippen molar-refractivity contribution in [2.45, 2.75) is 0 Å². The monoisotopic (exact) mass is 570 g/mol. The average molecular weight is 570 g/mol. The van der Waals surface area contributed by atoms with Crippen LogP contribution in [-0.4, -0.2) is 67.3 Å². The van der Waals surface area contributed by atoms with Crippen LogP contribution in [0.4, 0.5) is 11.4 Å². The number of aliphatic carboxylic acids is 2. The minimum atomic E-state index is -1.44. The lowest BCUT2D eigenvalue weighted by molar-refractivity contribution is -0.135. The van der Waals surface area contributed by atoms with E-state index in [0.29, 0.717) is 11.1 Å². The van der Waals surface area contributed by atoms with E-state index in [-0.39, 0.29) is 33.9 Å². The van der Waals surface area contributed by atoms with Gasteiger partial charge in [0.05, 0.1) is 33.9 Å². The zero-order chi connectivity index (χ0) is 30.6. The first-order chi connectivity index (χ1) is 19.9. The molecule has 0 bridgehead atoms. The number of anilines is 2. The fraction of sp³-hybridized carbons (Fsp3) is 0. The molecular weight excluding hydrogens is 552 g/mol. The van der Waals surface area contributed by atoms with E-state index in [1.807, 2.05) is 0 Å². The molecule has 2 aromatic carbocycles. The Bertz CT molecular complexity index is 1650. The third-order valence-electron chi connectivity index (χ3n) is 5.83. The number of allylic oxidation sites excluding steroid dienone is 6. The van der Waals surface area contributed by atoms with Crippen molar-refractivity contribution < 1.29 is 49.2 Å². The first kappa shape index (κ1) is 28.6. The van der Waals surface area contributed by atoms with Gasteiger partial charge in [-0.25, -0.2) is 19.2 Å². The third-order valence-corrected chi connectivity index (χ3v) is 5.83. The smallest absolute Gasteiger partial charge is 0.339 e. The minimum Gasteiger partial charge on any atom is -0.478 e. The Hall–Kier alpha value is -6.44. The van der Waals surface area contributed by atoms with Gasteiger partial charge < -0.3 is 20.4 Å². The highest BCUT2D eigenvalue weighted by molar-refractivity contribution is 6.30. The Kier molecular flexibility index (Phi) is 7.99. The normalized spacial score (nSPS) is 16.2. The van der Waals surface area contributed by atoms with Gasteiger partial charge in [0, 0.05) is 0 Å². The summed E-state index contributed by atoms with van der Waals surface area (Å²) in [6.07, 6.45) is 6.63. The number of nitrogens with one attached hydrogen (secondary N) is 2. The molecule has 14 nitrogen and oxygen atoms in total. The maximum absolute atomic E-state index is 12.0. The number of carbonyl (C=O) groups excluding carboxylic acids is 2. The number of carboxylic acid groups (broad SMARTS) is 4. The predicted octanol–water partition coefficient (Wildman–Crippen LogP) is 2.59. The van der Waals surface area contributed by atoms with Crippen molar-refractivity contribution in [2.75, 3.05) is 10.9 Å². The highest BCUT2D eigenvalue weighted by Crippen LogP contribution is 2.29. The van der Waals surface area contributed by atoms with Crippen molar-refractivity contribution >= 4 is 58.2 Å². The molecule has 6 N–H and O–H groups in total. The summed E-state index contributed by atoms with van der Waals surface area (Å²) in [5.41, 5.74) is 4.48. The second-order valence-corrected chi connectivity index (χ2v) is 8.55. The molecule has 0 radical (unpaired) electrons. The second kappa shape index (κ2) is 11.7. The van der Waals surface area contributed by atoms with Gasteiger partial charge in [0.2, 0.25) is 0 Å². The lowest BCUT2D eigenvalue weighted by Gasteiger charge is -2.12. The Balaban J connectivity index is 1.62. The van der Waals surface area contributed by atoms with Crippen LogP contribution in [0.15, 0.2) is 94.2 Å². The highest BCUT2D eigenvalue weighted by Gasteiger charge is 2.21. The molecule has 0 amide bonds. The maximum atomic E-state index is 12.0. The number of aromatic carboxylic acids is 2. The van der Waals surface area contributed by atoms with E-state index in [1.54, 1.807) is 0 Å². The van der Waals surface area contributed by atoms with E-state index in [0.717, 1.165) is 24.3 Å². The molecule has 2 aliphatic carbocycles. The molecule has 0 atom stereocenters. The molecule has 0 aromatic heterocycles. The molecule has 0 saturated heterocycles. The number of carboxylic acids is 4. The van der Waals surface area contributed by atoms with Gasteiger partial charge in [-0.2, -0.15) is 10.2 Å². The molecule has 0 fully saturated rings. The Morgan fingerprint density at radius 2 is 0.929 bits per heavy atom. The zero-order valence-corrected chi connectivity index (χ0v) is 21.1. The van der Waals surface area contributed by atoms with Crippen molar-refractivity contribution in [1.29, 1.82) is 0 Å². The summed E-state index contributed by atoms with van der Waals surface area (Å²) >= 11 is 0. The van der Waals surface area contributed by atoms with E-state index in [9.17, 15) is 39.0 Å². The molecule has 0 unspecified atom stereocenters. The van der Waals surface area contributed by atoms with E-state index in [1.165, 1.54) is 48.6 Å². The topological polar surface area (TPSA) is 232 Å². The van der Waals surface area contributed by atoms with Crippen molar-refractivity contribution in [2.24, 2.45) is 10.2 Å². The molecule has 210 valence electrons. The van der Waals surface area contributed by atoms with Gasteiger partial charge in [0.1, 0.15) is 11.1 Å². The van der Waals surface area contributed by atoms with E-state index in [2.05, 4.69) is 21.1 Å². The summed E-state index contributed by atoms with van der Waals surface area (Å²) in [4.78, 5) is 69.6. The van der Waals surface area contributed by atoms with Crippen molar-refractivity contribution in [3.05, 3.63) is 95.1 Å². The predicted molar refractivity (Wildman–Crippen MR) is 148 cm³/mol. The number of carbonyl (C=O) groups is 6. The maximum Gasteiger partial charge on any atom is 0.339 e.